The molecule has 3 aromatic carbocycles. The molecule has 0 bridgehead atoms. The number of esters is 1. The molecule has 0 aliphatic heterocycles. The molecule has 0 atom stereocenters. The van der Waals surface area contributed by atoms with Gasteiger partial charge in [-0.15, -0.1) is 0 Å². The molecule has 3 nitrogen and oxygen atoms in total. The molecule has 0 aromatic heterocycles. The fourth-order valence-electron chi connectivity index (χ4n) is 3.01. The normalized spacial score (nSPS) is 10.9. The molecule has 0 aliphatic carbocycles. The molecule has 0 spiro atoms. The molecule has 0 fully saturated rings. The minimum Gasteiger partial charge on any atom is -0.482 e. The average Bonchev–Trinajstić information content (AvgIpc) is 2.78. The Bertz CT molecular complexity index is 835. The lowest BCUT2D eigenvalue weighted by atomic mass is 10.2. The van der Waals surface area contributed by atoms with Crippen LogP contribution in [0.3, 0.4) is 0 Å². The first-order valence-corrected chi connectivity index (χ1v) is 11.2. The second-order valence-corrected chi connectivity index (χ2v) is 8.65. The molecule has 0 saturated heterocycles. The van der Waals surface area contributed by atoms with Crippen LogP contribution in [0.1, 0.15) is 26.7 Å². The highest BCUT2D eigenvalue weighted by molar-refractivity contribution is 7.97. The van der Waals surface area contributed by atoms with E-state index in [2.05, 4.69) is 60.7 Å². The summed E-state index contributed by atoms with van der Waals surface area (Å²) in [5.74, 6) is 0.344. The number of rotatable bonds is 9. The summed E-state index contributed by atoms with van der Waals surface area (Å²) in [6.45, 7) is 3.95. The van der Waals surface area contributed by atoms with Crippen LogP contribution in [-0.4, -0.2) is 18.7 Å². The zero-order valence-corrected chi connectivity index (χ0v) is 17.7. The van der Waals surface area contributed by atoms with Crippen LogP contribution in [0.2, 0.25) is 0 Å². The van der Waals surface area contributed by atoms with Gasteiger partial charge in [0.2, 0.25) is 0 Å². The van der Waals surface area contributed by atoms with Gasteiger partial charge in [0.05, 0.1) is 10.9 Å². The Hall–Kier alpha value is -2.72. The second kappa shape index (κ2) is 10.7. The van der Waals surface area contributed by atoms with Crippen molar-refractivity contribution in [3.05, 3.63) is 84.9 Å². The third kappa shape index (κ3) is 5.88. The van der Waals surface area contributed by atoms with Gasteiger partial charge in [-0.25, -0.2) is 4.79 Å². The van der Waals surface area contributed by atoms with Crippen molar-refractivity contribution in [2.75, 3.05) is 6.61 Å². The van der Waals surface area contributed by atoms with Gasteiger partial charge in [-0.05, 0) is 61.4 Å². The zero-order chi connectivity index (χ0) is 20.5. The Labute approximate surface area is 176 Å². The number of benzene rings is 3. The van der Waals surface area contributed by atoms with Gasteiger partial charge < -0.3 is 9.47 Å². The number of carbonyl (C=O) groups is 1. The van der Waals surface area contributed by atoms with Crippen molar-refractivity contribution in [1.29, 1.82) is 0 Å². The van der Waals surface area contributed by atoms with Gasteiger partial charge in [0.25, 0.3) is 0 Å². The third-order valence-electron chi connectivity index (χ3n) is 4.58. The summed E-state index contributed by atoms with van der Waals surface area (Å²) in [6, 6.07) is 29.0. The van der Waals surface area contributed by atoms with E-state index in [0.29, 0.717) is 5.75 Å². The van der Waals surface area contributed by atoms with E-state index in [-0.39, 0.29) is 29.6 Å². The fraction of sp³-hybridized carbons (Fsp3) is 0.240. The van der Waals surface area contributed by atoms with E-state index in [9.17, 15) is 4.79 Å². The molecule has 0 radical (unpaired) electrons. The van der Waals surface area contributed by atoms with Gasteiger partial charge in [0, 0.05) is 0 Å². The molecule has 3 rings (SSSR count). The van der Waals surface area contributed by atoms with Crippen LogP contribution in [-0.2, 0) is 20.4 Å². The summed E-state index contributed by atoms with van der Waals surface area (Å²) in [6.07, 6.45) is 1.60. The van der Waals surface area contributed by atoms with Crippen LogP contribution in [0.5, 0.6) is 5.75 Å². The first-order valence-electron chi connectivity index (χ1n) is 9.98. The molecule has 150 valence electrons. The zero-order valence-electron chi connectivity index (χ0n) is 16.9. The highest BCUT2D eigenvalue weighted by Crippen LogP contribution is 2.31. The smallest absolute Gasteiger partial charge is 0.344 e. The Balaban J connectivity index is 1.72. The van der Waals surface area contributed by atoms with E-state index in [1.165, 1.54) is 14.7 Å². The van der Waals surface area contributed by atoms with Crippen LogP contribution in [0.15, 0.2) is 99.6 Å². The molecule has 0 N–H and O–H groups in total. The van der Waals surface area contributed by atoms with E-state index < -0.39 is 0 Å². The molecule has 3 aromatic rings. The summed E-state index contributed by atoms with van der Waals surface area (Å²) in [7, 11) is -0.193. The van der Waals surface area contributed by atoms with Gasteiger partial charge in [-0.2, -0.15) is 0 Å². The van der Waals surface area contributed by atoms with Crippen LogP contribution in [0.25, 0.3) is 0 Å². The molecule has 0 unspecified atom stereocenters. The molecule has 0 aliphatic rings. The monoisotopic (exact) mass is 407 g/mol. The van der Waals surface area contributed by atoms with Gasteiger partial charge in [0.15, 0.2) is 21.3 Å². The van der Waals surface area contributed by atoms with Crippen LogP contribution < -0.4 is 4.74 Å². The Morgan fingerprint density at radius 1 is 0.759 bits per heavy atom. The molecule has 0 amide bonds. The van der Waals surface area contributed by atoms with Crippen molar-refractivity contribution in [3.8, 4) is 5.75 Å². The lowest BCUT2D eigenvalue weighted by Crippen LogP contribution is -2.21. The third-order valence-corrected chi connectivity index (χ3v) is 6.81. The van der Waals surface area contributed by atoms with Gasteiger partial charge in [-0.3, -0.25) is 0 Å². The summed E-state index contributed by atoms with van der Waals surface area (Å²) in [5.41, 5.74) is 0. The van der Waals surface area contributed by atoms with Crippen molar-refractivity contribution in [3.63, 3.8) is 0 Å². The van der Waals surface area contributed by atoms with Crippen LogP contribution in [0.4, 0.5) is 0 Å². The van der Waals surface area contributed by atoms with Crippen LogP contribution >= 0.6 is 0 Å². The summed E-state index contributed by atoms with van der Waals surface area (Å²) < 4.78 is 11.0. The highest BCUT2D eigenvalue weighted by atomic mass is 32.2. The maximum atomic E-state index is 11.9. The van der Waals surface area contributed by atoms with E-state index >= 15 is 0 Å². The van der Waals surface area contributed by atoms with Gasteiger partial charge in [-0.1, -0.05) is 50.2 Å². The van der Waals surface area contributed by atoms with E-state index in [1.807, 2.05) is 38.1 Å². The standard InChI is InChI=1S/C25H27O3S/c1-3-20(4-2)28-25(26)19-27-21-15-17-24(18-16-21)29(22-11-7-5-8-12-22)23-13-9-6-10-14-23/h5-18,20H,3-4,19H2,1-2H3/q+1. The molecule has 29 heavy (non-hydrogen) atoms. The number of ether oxygens (including phenoxy) is 2. The van der Waals surface area contributed by atoms with Crippen molar-refractivity contribution in [1.82, 2.24) is 0 Å². The van der Waals surface area contributed by atoms with Crippen LogP contribution in [0, 0.1) is 0 Å². The summed E-state index contributed by atoms with van der Waals surface area (Å²) >= 11 is 0. The Kier molecular flexibility index (Phi) is 7.77. The van der Waals surface area contributed by atoms with Crippen molar-refractivity contribution < 1.29 is 14.3 Å². The highest BCUT2D eigenvalue weighted by Gasteiger charge is 2.28. The molecular formula is C25H27O3S+. The second-order valence-electron chi connectivity index (χ2n) is 6.62. The van der Waals surface area contributed by atoms with Gasteiger partial charge >= 0.3 is 5.97 Å². The SMILES string of the molecule is CCC(CC)OC(=O)COc1ccc([S+](c2ccccc2)c2ccccc2)cc1. The molecule has 0 saturated carbocycles. The Morgan fingerprint density at radius 3 is 1.72 bits per heavy atom. The van der Waals surface area contributed by atoms with Gasteiger partial charge in [0.1, 0.15) is 11.9 Å². The van der Waals surface area contributed by atoms with E-state index in [4.69, 9.17) is 9.47 Å². The summed E-state index contributed by atoms with van der Waals surface area (Å²) in [4.78, 5) is 15.7. The molecular weight excluding hydrogens is 380 g/mol. The number of hydrogen-bond donors (Lipinski definition) is 0. The predicted molar refractivity (Wildman–Crippen MR) is 117 cm³/mol. The maximum absolute atomic E-state index is 11.9. The fourth-order valence-corrected chi connectivity index (χ4v) is 5.09. The van der Waals surface area contributed by atoms with E-state index in [0.717, 1.165) is 12.8 Å². The predicted octanol–water partition coefficient (Wildman–Crippen LogP) is 5.89. The lowest BCUT2D eigenvalue weighted by Gasteiger charge is -2.14. The minimum atomic E-state index is -0.323. The Morgan fingerprint density at radius 2 is 1.24 bits per heavy atom. The topological polar surface area (TPSA) is 35.5 Å². The first kappa shape index (κ1) is 21.0. The lowest BCUT2D eigenvalue weighted by molar-refractivity contribution is -0.151. The van der Waals surface area contributed by atoms with Crippen molar-refractivity contribution in [2.45, 2.75) is 47.5 Å². The van der Waals surface area contributed by atoms with Crippen molar-refractivity contribution >= 4 is 16.9 Å². The maximum Gasteiger partial charge on any atom is 0.344 e. The largest absolute Gasteiger partial charge is 0.482 e. The number of carbonyl (C=O) groups excluding carboxylic acids is 1. The number of hydrogen-bond acceptors (Lipinski definition) is 3. The minimum absolute atomic E-state index is 0.0350. The quantitative estimate of drug-likeness (QED) is 0.328. The first-order chi connectivity index (χ1) is 14.2. The van der Waals surface area contributed by atoms with E-state index in [1.54, 1.807) is 0 Å². The average molecular weight is 408 g/mol. The molecule has 4 heteroatoms. The van der Waals surface area contributed by atoms with Crippen molar-refractivity contribution in [2.24, 2.45) is 0 Å². The summed E-state index contributed by atoms with van der Waals surface area (Å²) in [5, 5.41) is 0. The molecule has 0 heterocycles.